The highest BCUT2D eigenvalue weighted by atomic mass is 19.1. The molecule has 0 aromatic heterocycles. The Balaban J connectivity index is 1.43. The molecule has 4 aliphatic rings. The summed E-state index contributed by atoms with van der Waals surface area (Å²) in [7, 11) is 0. The van der Waals surface area contributed by atoms with Gasteiger partial charge in [-0.05, 0) is 73.5 Å². The molecule has 1 N–H and O–H groups in total. The predicted molar refractivity (Wildman–Crippen MR) is 74.1 cm³/mol. The van der Waals surface area contributed by atoms with Crippen molar-refractivity contribution in [2.24, 2.45) is 23.7 Å². The van der Waals surface area contributed by atoms with Crippen molar-refractivity contribution in [1.29, 1.82) is 0 Å². The predicted octanol–water partition coefficient (Wildman–Crippen LogP) is 3.74. The second kappa shape index (κ2) is 4.59. The minimum atomic E-state index is -0.121. The third-order valence-corrected chi connectivity index (χ3v) is 5.66. The van der Waals surface area contributed by atoms with E-state index in [4.69, 9.17) is 0 Å². The van der Waals surface area contributed by atoms with Crippen molar-refractivity contribution in [3.63, 3.8) is 0 Å². The Morgan fingerprint density at radius 2 is 1.68 bits per heavy atom. The first-order valence-corrected chi connectivity index (χ1v) is 7.76. The maximum atomic E-state index is 13.2. The Bertz CT molecular complexity index is 442. The van der Waals surface area contributed by atoms with Crippen LogP contribution in [-0.4, -0.2) is 6.04 Å². The molecule has 2 heteroatoms. The molecule has 4 aliphatic carbocycles. The molecule has 0 heterocycles. The highest BCUT2D eigenvalue weighted by Crippen LogP contribution is 2.53. The van der Waals surface area contributed by atoms with Crippen LogP contribution in [0.5, 0.6) is 0 Å². The lowest BCUT2D eigenvalue weighted by Gasteiger charge is -2.54. The van der Waals surface area contributed by atoms with E-state index in [0.29, 0.717) is 6.04 Å². The van der Waals surface area contributed by atoms with Crippen molar-refractivity contribution in [3.8, 4) is 0 Å². The fraction of sp³-hybridized carbons (Fsp3) is 0.647. The molecule has 4 fully saturated rings. The van der Waals surface area contributed by atoms with Gasteiger partial charge in [0.2, 0.25) is 0 Å². The van der Waals surface area contributed by atoms with E-state index in [-0.39, 0.29) is 5.82 Å². The normalized spacial score (nSPS) is 39.7. The SMILES string of the molecule is Fc1cccc(CNC2C3CC4CC(C3)CC2C4)c1. The van der Waals surface area contributed by atoms with E-state index in [2.05, 4.69) is 5.32 Å². The van der Waals surface area contributed by atoms with Gasteiger partial charge >= 0.3 is 0 Å². The van der Waals surface area contributed by atoms with Gasteiger partial charge < -0.3 is 5.32 Å². The van der Waals surface area contributed by atoms with Gasteiger partial charge in [-0.3, -0.25) is 0 Å². The summed E-state index contributed by atoms with van der Waals surface area (Å²) >= 11 is 0. The summed E-state index contributed by atoms with van der Waals surface area (Å²) in [6.07, 6.45) is 7.26. The van der Waals surface area contributed by atoms with Gasteiger partial charge in [0.15, 0.2) is 0 Å². The molecule has 4 bridgehead atoms. The summed E-state index contributed by atoms with van der Waals surface area (Å²) in [5.41, 5.74) is 1.08. The molecule has 1 aromatic carbocycles. The summed E-state index contributed by atoms with van der Waals surface area (Å²) in [5, 5.41) is 3.74. The zero-order chi connectivity index (χ0) is 12.8. The van der Waals surface area contributed by atoms with Crippen LogP contribution in [-0.2, 0) is 6.54 Å². The van der Waals surface area contributed by atoms with Crippen molar-refractivity contribution in [2.45, 2.75) is 44.7 Å². The van der Waals surface area contributed by atoms with E-state index in [1.807, 2.05) is 12.1 Å². The van der Waals surface area contributed by atoms with Gasteiger partial charge in [-0.1, -0.05) is 12.1 Å². The van der Waals surface area contributed by atoms with Gasteiger partial charge in [0.1, 0.15) is 5.82 Å². The Labute approximate surface area is 114 Å². The number of halogens is 1. The highest BCUT2D eigenvalue weighted by molar-refractivity contribution is 5.16. The monoisotopic (exact) mass is 259 g/mol. The molecule has 1 aromatic rings. The second-order valence-electron chi connectivity index (χ2n) is 6.97. The Morgan fingerprint density at radius 3 is 2.32 bits per heavy atom. The lowest BCUT2D eigenvalue weighted by atomic mass is 9.54. The maximum absolute atomic E-state index is 13.2. The van der Waals surface area contributed by atoms with Crippen molar-refractivity contribution >= 4 is 0 Å². The van der Waals surface area contributed by atoms with Gasteiger partial charge in [0.25, 0.3) is 0 Å². The number of nitrogens with one attached hydrogen (secondary N) is 1. The van der Waals surface area contributed by atoms with Gasteiger partial charge in [0, 0.05) is 12.6 Å². The summed E-state index contributed by atoms with van der Waals surface area (Å²) in [6.45, 7) is 0.824. The number of hydrogen-bond acceptors (Lipinski definition) is 1. The van der Waals surface area contributed by atoms with E-state index in [9.17, 15) is 4.39 Å². The largest absolute Gasteiger partial charge is 0.309 e. The molecule has 0 spiro atoms. The lowest BCUT2D eigenvalue weighted by Crippen LogP contribution is -2.54. The van der Waals surface area contributed by atoms with Crippen LogP contribution in [0, 0.1) is 29.5 Å². The molecule has 0 aliphatic heterocycles. The summed E-state index contributed by atoms with van der Waals surface area (Å²) in [5.74, 6) is 3.71. The first-order valence-electron chi connectivity index (χ1n) is 7.76. The summed E-state index contributed by atoms with van der Waals surface area (Å²) in [4.78, 5) is 0. The fourth-order valence-corrected chi connectivity index (χ4v) is 5.14. The molecule has 5 rings (SSSR count). The van der Waals surface area contributed by atoms with Crippen LogP contribution in [0.25, 0.3) is 0 Å². The van der Waals surface area contributed by atoms with E-state index in [0.717, 1.165) is 35.8 Å². The van der Waals surface area contributed by atoms with Crippen LogP contribution in [0.1, 0.15) is 37.7 Å². The first kappa shape index (κ1) is 11.9. The standard InChI is InChI=1S/C17H22FN/c18-16-3-1-2-11(9-16)10-19-17-14-5-12-4-13(7-14)8-15(17)6-12/h1-3,9,12-15,17,19H,4-8,10H2. The topological polar surface area (TPSA) is 12.0 Å². The molecule has 102 valence electrons. The average Bonchev–Trinajstić information content (AvgIpc) is 2.37. The Kier molecular flexibility index (Phi) is 2.87. The molecular formula is C17H22FN. The number of benzene rings is 1. The Morgan fingerprint density at radius 1 is 1.00 bits per heavy atom. The van der Waals surface area contributed by atoms with E-state index < -0.39 is 0 Å². The molecule has 0 saturated heterocycles. The number of hydrogen-bond donors (Lipinski definition) is 1. The van der Waals surface area contributed by atoms with Gasteiger partial charge in [-0.25, -0.2) is 4.39 Å². The molecule has 0 unspecified atom stereocenters. The smallest absolute Gasteiger partial charge is 0.123 e. The molecule has 19 heavy (non-hydrogen) atoms. The van der Waals surface area contributed by atoms with Gasteiger partial charge in [0.05, 0.1) is 0 Å². The molecule has 0 atom stereocenters. The van der Waals surface area contributed by atoms with Crippen LogP contribution >= 0.6 is 0 Å². The zero-order valence-corrected chi connectivity index (χ0v) is 11.3. The molecule has 0 amide bonds. The Hall–Kier alpha value is -0.890. The van der Waals surface area contributed by atoms with Gasteiger partial charge in [-0.15, -0.1) is 0 Å². The minimum absolute atomic E-state index is 0.121. The fourth-order valence-electron chi connectivity index (χ4n) is 5.14. The zero-order valence-electron chi connectivity index (χ0n) is 11.3. The van der Waals surface area contributed by atoms with Crippen LogP contribution in [0.4, 0.5) is 4.39 Å². The second-order valence-corrected chi connectivity index (χ2v) is 6.97. The van der Waals surface area contributed by atoms with E-state index in [1.54, 1.807) is 6.07 Å². The van der Waals surface area contributed by atoms with Crippen molar-refractivity contribution < 1.29 is 4.39 Å². The maximum Gasteiger partial charge on any atom is 0.123 e. The quantitative estimate of drug-likeness (QED) is 0.872. The van der Waals surface area contributed by atoms with Crippen molar-refractivity contribution in [3.05, 3.63) is 35.6 Å². The minimum Gasteiger partial charge on any atom is -0.309 e. The summed E-state index contributed by atoms with van der Waals surface area (Å²) in [6, 6.07) is 7.70. The van der Waals surface area contributed by atoms with Crippen LogP contribution in [0.2, 0.25) is 0 Å². The van der Waals surface area contributed by atoms with Crippen LogP contribution in [0.3, 0.4) is 0 Å². The van der Waals surface area contributed by atoms with E-state index >= 15 is 0 Å². The molecule has 0 radical (unpaired) electrons. The third kappa shape index (κ3) is 2.20. The van der Waals surface area contributed by atoms with E-state index in [1.165, 1.54) is 38.2 Å². The van der Waals surface area contributed by atoms with Crippen molar-refractivity contribution in [1.82, 2.24) is 5.32 Å². The molecular weight excluding hydrogens is 237 g/mol. The van der Waals surface area contributed by atoms with Crippen LogP contribution in [0.15, 0.2) is 24.3 Å². The highest BCUT2D eigenvalue weighted by Gasteiger charge is 2.47. The molecule has 4 saturated carbocycles. The van der Waals surface area contributed by atoms with Crippen molar-refractivity contribution in [2.75, 3.05) is 0 Å². The van der Waals surface area contributed by atoms with Gasteiger partial charge in [-0.2, -0.15) is 0 Å². The lowest BCUT2D eigenvalue weighted by molar-refractivity contribution is -0.0142. The number of rotatable bonds is 3. The summed E-state index contributed by atoms with van der Waals surface area (Å²) < 4.78 is 13.2. The first-order chi connectivity index (χ1) is 9.28. The average molecular weight is 259 g/mol. The molecule has 1 nitrogen and oxygen atoms in total. The third-order valence-electron chi connectivity index (χ3n) is 5.66. The van der Waals surface area contributed by atoms with Crippen LogP contribution < -0.4 is 5.32 Å².